The van der Waals surface area contributed by atoms with Crippen molar-refractivity contribution in [1.82, 2.24) is 9.88 Å². The molecule has 1 aliphatic heterocycles. The molecule has 0 radical (unpaired) electrons. The van der Waals surface area contributed by atoms with Gasteiger partial charge in [-0.05, 0) is 56.8 Å². The molecule has 2 fully saturated rings. The van der Waals surface area contributed by atoms with Gasteiger partial charge in [-0.25, -0.2) is 0 Å². The van der Waals surface area contributed by atoms with Crippen LogP contribution >= 0.6 is 0 Å². The van der Waals surface area contributed by atoms with Gasteiger partial charge in [0.1, 0.15) is 5.82 Å². The average molecular weight is 276 g/mol. The third-order valence-corrected chi connectivity index (χ3v) is 4.10. The predicted molar refractivity (Wildman–Crippen MR) is 81.0 cm³/mol. The first-order valence-electron chi connectivity index (χ1n) is 7.52. The third-order valence-electron chi connectivity index (χ3n) is 4.10. The summed E-state index contributed by atoms with van der Waals surface area (Å²) in [6.07, 6.45) is 3.80. The maximum Gasteiger partial charge on any atom is 0.239 e. The molecule has 3 rings (SSSR count). The van der Waals surface area contributed by atoms with Gasteiger partial charge in [0, 0.05) is 13.1 Å². The lowest BCUT2D eigenvalue weighted by Crippen LogP contribution is -2.19. The molecule has 2 heterocycles. The van der Waals surface area contributed by atoms with E-state index in [0.29, 0.717) is 23.4 Å². The highest BCUT2D eigenvalue weighted by Gasteiger charge is 2.23. The monoisotopic (exact) mass is 276 g/mol. The lowest BCUT2D eigenvalue weighted by atomic mass is 10.1. The summed E-state index contributed by atoms with van der Waals surface area (Å²) in [6.45, 7) is 4.06. The largest absolute Gasteiger partial charge is 0.476 e. The van der Waals surface area contributed by atoms with Crippen LogP contribution in [0.1, 0.15) is 19.3 Å². The van der Waals surface area contributed by atoms with Gasteiger partial charge in [0.15, 0.2) is 0 Å². The van der Waals surface area contributed by atoms with E-state index in [2.05, 4.69) is 22.2 Å². The third kappa shape index (κ3) is 3.54. The van der Waals surface area contributed by atoms with Crippen LogP contribution in [0.5, 0.6) is 5.88 Å². The van der Waals surface area contributed by atoms with Gasteiger partial charge in [-0.2, -0.15) is 4.98 Å². The number of pyridine rings is 1. The quantitative estimate of drug-likeness (QED) is 0.830. The van der Waals surface area contributed by atoms with Gasteiger partial charge in [0.25, 0.3) is 0 Å². The molecule has 3 N–H and O–H groups in total. The Balaban J connectivity index is 1.53. The van der Waals surface area contributed by atoms with Gasteiger partial charge in [0.05, 0.1) is 12.3 Å². The highest BCUT2D eigenvalue weighted by atomic mass is 16.5. The van der Waals surface area contributed by atoms with Crippen LogP contribution in [0, 0.1) is 11.8 Å². The van der Waals surface area contributed by atoms with E-state index in [1.54, 1.807) is 0 Å². The number of hydrogen-bond acceptors (Lipinski definition) is 5. The summed E-state index contributed by atoms with van der Waals surface area (Å²) < 4.78 is 5.71. The predicted octanol–water partition coefficient (Wildman–Crippen LogP) is 1.82. The van der Waals surface area contributed by atoms with Crippen molar-refractivity contribution in [1.29, 1.82) is 0 Å². The lowest BCUT2D eigenvalue weighted by molar-refractivity contribution is 0.290. The zero-order valence-corrected chi connectivity index (χ0v) is 12.1. The second-order valence-electron chi connectivity index (χ2n) is 6.14. The number of nitrogen functional groups attached to an aromatic ring is 1. The van der Waals surface area contributed by atoms with Crippen molar-refractivity contribution in [3.05, 3.63) is 12.1 Å². The minimum atomic E-state index is 0.574. The molecule has 0 amide bonds. The number of hydrogen-bond donors (Lipinski definition) is 2. The highest BCUT2D eigenvalue weighted by molar-refractivity contribution is 5.53. The van der Waals surface area contributed by atoms with E-state index in [1.807, 2.05) is 12.1 Å². The van der Waals surface area contributed by atoms with Crippen molar-refractivity contribution in [2.24, 2.45) is 11.8 Å². The van der Waals surface area contributed by atoms with Gasteiger partial charge in [-0.3, -0.25) is 0 Å². The summed E-state index contributed by atoms with van der Waals surface area (Å²) >= 11 is 0. The molecule has 1 aromatic rings. The fourth-order valence-corrected chi connectivity index (χ4v) is 2.59. The Morgan fingerprint density at radius 3 is 2.90 bits per heavy atom. The summed E-state index contributed by atoms with van der Waals surface area (Å²) in [4.78, 5) is 6.85. The van der Waals surface area contributed by atoms with E-state index in [1.165, 1.54) is 25.8 Å². The van der Waals surface area contributed by atoms with Gasteiger partial charge in [-0.1, -0.05) is 0 Å². The number of likely N-dealkylation sites (tertiary alicyclic amines) is 1. The second kappa shape index (κ2) is 5.87. The molecule has 0 bridgehead atoms. The molecule has 0 spiro atoms. The standard InChI is InChI=1S/C15H24N4O/c1-19-7-6-12(9-19)8-17-14-5-4-13(16)15(18-14)20-10-11-2-3-11/h4-5,11-12H,2-3,6-10,16H2,1H3,(H,17,18). The summed E-state index contributed by atoms with van der Waals surface area (Å²) in [7, 11) is 2.17. The van der Waals surface area contributed by atoms with Crippen molar-refractivity contribution in [3.8, 4) is 5.88 Å². The summed E-state index contributed by atoms with van der Waals surface area (Å²) in [5.41, 5.74) is 6.53. The van der Waals surface area contributed by atoms with E-state index in [0.717, 1.165) is 25.5 Å². The fourth-order valence-electron chi connectivity index (χ4n) is 2.59. The number of nitrogens with zero attached hydrogens (tertiary/aromatic N) is 2. The van der Waals surface area contributed by atoms with Gasteiger partial charge in [-0.15, -0.1) is 0 Å². The summed E-state index contributed by atoms with van der Waals surface area (Å²) in [5, 5.41) is 3.40. The maximum atomic E-state index is 5.91. The van der Waals surface area contributed by atoms with Gasteiger partial charge >= 0.3 is 0 Å². The number of rotatable bonds is 6. The molecular weight excluding hydrogens is 252 g/mol. The van der Waals surface area contributed by atoms with Crippen LogP contribution in [0.15, 0.2) is 12.1 Å². The SMILES string of the molecule is CN1CCC(CNc2ccc(N)c(OCC3CC3)n2)C1. The molecule has 1 saturated carbocycles. The Morgan fingerprint density at radius 2 is 2.20 bits per heavy atom. The van der Waals surface area contributed by atoms with Crippen molar-refractivity contribution >= 4 is 11.5 Å². The minimum Gasteiger partial charge on any atom is -0.476 e. The molecular formula is C15H24N4O. The molecule has 5 nitrogen and oxygen atoms in total. The van der Waals surface area contributed by atoms with E-state index in [9.17, 15) is 0 Å². The van der Waals surface area contributed by atoms with Crippen LogP contribution in [-0.2, 0) is 0 Å². The Kier molecular flexibility index (Phi) is 3.96. The molecule has 1 aromatic heterocycles. The topological polar surface area (TPSA) is 63.4 Å². The zero-order chi connectivity index (χ0) is 13.9. The van der Waals surface area contributed by atoms with Crippen molar-refractivity contribution in [2.75, 3.05) is 44.3 Å². The highest BCUT2D eigenvalue weighted by Crippen LogP contribution is 2.30. The molecule has 1 aliphatic carbocycles. The molecule has 20 heavy (non-hydrogen) atoms. The van der Waals surface area contributed by atoms with E-state index in [-0.39, 0.29) is 0 Å². The van der Waals surface area contributed by atoms with Crippen molar-refractivity contribution in [2.45, 2.75) is 19.3 Å². The zero-order valence-electron chi connectivity index (χ0n) is 12.1. The number of nitrogens with one attached hydrogen (secondary N) is 1. The smallest absolute Gasteiger partial charge is 0.239 e. The van der Waals surface area contributed by atoms with E-state index in [4.69, 9.17) is 10.5 Å². The maximum absolute atomic E-state index is 5.91. The van der Waals surface area contributed by atoms with Gasteiger partial charge < -0.3 is 20.7 Å². The number of nitrogens with two attached hydrogens (primary N) is 1. The molecule has 5 heteroatoms. The molecule has 1 saturated heterocycles. The van der Waals surface area contributed by atoms with Crippen LogP contribution in [0.3, 0.4) is 0 Å². The fraction of sp³-hybridized carbons (Fsp3) is 0.667. The van der Waals surface area contributed by atoms with Crippen molar-refractivity contribution in [3.63, 3.8) is 0 Å². The first-order chi connectivity index (χ1) is 9.70. The van der Waals surface area contributed by atoms with Crippen LogP contribution < -0.4 is 15.8 Å². The summed E-state index contributed by atoms with van der Waals surface area (Å²) in [5.74, 6) is 2.85. The Bertz CT molecular complexity index is 461. The molecule has 2 aliphatic rings. The average Bonchev–Trinajstić information content (AvgIpc) is 3.18. The second-order valence-corrected chi connectivity index (χ2v) is 6.14. The minimum absolute atomic E-state index is 0.574. The number of aromatic nitrogens is 1. The van der Waals surface area contributed by atoms with Crippen LogP contribution in [-0.4, -0.2) is 43.2 Å². The summed E-state index contributed by atoms with van der Waals surface area (Å²) in [6, 6.07) is 3.80. The first-order valence-corrected chi connectivity index (χ1v) is 7.52. The number of anilines is 2. The molecule has 1 atom stereocenters. The van der Waals surface area contributed by atoms with Gasteiger partial charge in [0.2, 0.25) is 5.88 Å². The van der Waals surface area contributed by atoms with Crippen molar-refractivity contribution < 1.29 is 4.74 Å². The normalized spacial score (nSPS) is 22.9. The Morgan fingerprint density at radius 1 is 1.35 bits per heavy atom. The van der Waals surface area contributed by atoms with Crippen LogP contribution in [0.2, 0.25) is 0 Å². The molecule has 0 aromatic carbocycles. The van der Waals surface area contributed by atoms with E-state index >= 15 is 0 Å². The lowest BCUT2D eigenvalue weighted by Gasteiger charge is -2.14. The Labute approximate surface area is 120 Å². The Hall–Kier alpha value is -1.49. The van der Waals surface area contributed by atoms with E-state index < -0.39 is 0 Å². The first kappa shape index (κ1) is 13.5. The van der Waals surface area contributed by atoms with Crippen LogP contribution in [0.25, 0.3) is 0 Å². The molecule has 1 unspecified atom stereocenters. The number of ether oxygens (including phenoxy) is 1. The molecule has 110 valence electrons. The van der Waals surface area contributed by atoms with Crippen LogP contribution in [0.4, 0.5) is 11.5 Å².